The van der Waals surface area contributed by atoms with Crippen molar-refractivity contribution >= 4 is 21.8 Å². The van der Waals surface area contributed by atoms with Crippen molar-refractivity contribution in [2.24, 2.45) is 0 Å². The van der Waals surface area contributed by atoms with Crippen LogP contribution in [0.3, 0.4) is 0 Å². The van der Waals surface area contributed by atoms with Crippen molar-refractivity contribution in [2.75, 3.05) is 0 Å². The van der Waals surface area contributed by atoms with E-state index >= 15 is 0 Å². The molecule has 0 saturated heterocycles. The Bertz CT molecular complexity index is 3120. The second-order valence-corrected chi connectivity index (χ2v) is 14.7. The van der Waals surface area contributed by atoms with Gasteiger partial charge in [0.15, 0.2) is 17.5 Å². The molecule has 0 atom stereocenters. The molecule has 0 amide bonds. The van der Waals surface area contributed by atoms with Gasteiger partial charge in [-0.25, -0.2) is 15.0 Å². The predicted molar refractivity (Wildman–Crippen MR) is 228 cm³/mol. The van der Waals surface area contributed by atoms with Crippen molar-refractivity contribution in [1.82, 2.24) is 19.5 Å². The van der Waals surface area contributed by atoms with Crippen molar-refractivity contribution in [1.29, 1.82) is 0 Å². The number of hydrogen-bond acceptors (Lipinski definition) is 4. The molecule has 0 unspecified atom stereocenters. The zero-order valence-corrected chi connectivity index (χ0v) is 30.7. The maximum atomic E-state index is 6.63. The maximum absolute atomic E-state index is 6.63. The fraction of sp³-hybridized carbons (Fsp3) is 0.0192. The van der Waals surface area contributed by atoms with E-state index in [0.717, 1.165) is 50.5 Å². The van der Waals surface area contributed by atoms with Crippen molar-refractivity contribution < 1.29 is 4.74 Å². The molecule has 2 aliphatic rings. The van der Waals surface area contributed by atoms with Crippen LogP contribution in [0.1, 0.15) is 22.3 Å². The highest BCUT2D eigenvalue weighted by Gasteiger charge is 2.51. The molecular weight excluding hydrogens is 697 g/mol. The third-order valence-electron chi connectivity index (χ3n) is 11.7. The van der Waals surface area contributed by atoms with Gasteiger partial charge < -0.3 is 9.30 Å². The first-order valence-corrected chi connectivity index (χ1v) is 19.3. The van der Waals surface area contributed by atoms with Crippen molar-refractivity contribution in [2.45, 2.75) is 5.41 Å². The van der Waals surface area contributed by atoms with Crippen LogP contribution >= 0.6 is 0 Å². The van der Waals surface area contributed by atoms with E-state index < -0.39 is 5.41 Å². The lowest BCUT2D eigenvalue weighted by atomic mass is 9.66. The Morgan fingerprint density at radius 3 is 1.63 bits per heavy atom. The Hall–Kier alpha value is -7.63. The van der Waals surface area contributed by atoms with Crippen LogP contribution in [-0.4, -0.2) is 19.5 Å². The third kappa shape index (κ3) is 4.54. The molecule has 5 heteroatoms. The highest BCUT2D eigenvalue weighted by Crippen LogP contribution is 2.63. The number of ether oxygens (including phenoxy) is 1. The lowest BCUT2D eigenvalue weighted by Crippen LogP contribution is -2.32. The normalized spacial score (nSPS) is 13.2. The van der Waals surface area contributed by atoms with Gasteiger partial charge in [0.25, 0.3) is 0 Å². The zero-order chi connectivity index (χ0) is 37.5. The fourth-order valence-electron chi connectivity index (χ4n) is 9.38. The fourth-order valence-corrected chi connectivity index (χ4v) is 9.38. The summed E-state index contributed by atoms with van der Waals surface area (Å²) in [6, 6.07) is 68.3. The van der Waals surface area contributed by atoms with Gasteiger partial charge in [0.05, 0.1) is 16.4 Å². The monoisotopic (exact) mass is 728 g/mol. The average molecular weight is 729 g/mol. The topological polar surface area (TPSA) is 52.8 Å². The van der Waals surface area contributed by atoms with Crippen LogP contribution < -0.4 is 4.74 Å². The van der Waals surface area contributed by atoms with E-state index in [2.05, 4.69) is 138 Å². The van der Waals surface area contributed by atoms with Crippen LogP contribution in [0.15, 0.2) is 194 Å². The summed E-state index contributed by atoms with van der Waals surface area (Å²) < 4.78 is 9.07. The second kappa shape index (κ2) is 12.2. The van der Waals surface area contributed by atoms with Gasteiger partial charge in [-0.3, -0.25) is 0 Å². The van der Waals surface area contributed by atoms with Gasteiger partial charge in [-0.2, -0.15) is 0 Å². The molecule has 12 rings (SSSR count). The Morgan fingerprint density at radius 2 is 0.947 bits per heavy atom. The van der Waals surface area contributed by atoms with Crippen LogP contribution in [0.25, 0.3) is 72.8 Å². The van der Waals surface area contributed by atoms with Crippen LogP contribution in [-0.2, 0) is 5.41 Å². The van der Waals surface area contributed by atoms with E-state index in [1.54, 1.807) is 0 Å². The number of aromatic nitrogens is 4. The van der Waals surface area contributed by atoms with Gasteiger partial charge in [-0.15, -0.1) is 0 Å². The van der Waals surface area contributed by atoms with Gasteiger partial charge in [-0.1, -0.05) is 164 Å². The smallest absolute Gasteiger partial charge is 0.164 e. The van der Waals surface area contributed by atoms with Gasteiger partial charge in [-0.05, 0) is 47.0 Å². The first-order chi connectivity index (χ1) is 28.3. The maximum Gasteiger partial charge on any atom is 0.164 e. The summed E-state index contributed by atoms with van der Waals surface area (Å²) in [4.78, 5) is 15.1. The lowest BCUT2D eigenvalue weighted by Gasteiger charge is -2.39. The molecule has 2 aromatic heterocycles. The summed E-state index contributed by atoms with van der Waals surface area (Å²) >= 11 is 0. The van der Waals surface area contributed by atoms with Gasteiger partial charge in [0.2, 0.25) is 0 Å². The number of benzene rings is 8. The third-order valence-corrected chi connectivity index (χ3v) is 11.7. The molecular formula is C52H32N4O. The van der Waals surface area contributed by atoms with E-state index in [4.69, 9.17) is 19.7 Å². The van der Waals surface area contributed by atoms with E-state index in [-0.39, 0.29) is 0 Å². The van der Waals surface area contributed by atoms with Gasteiger partial charge in [0.1, 0.15) is 11.5 Å². The Kier molecular flexibility index (Phi) is 6.78. The first-order valence-electron chi connectivity index (χ1n) is 19.3. The minimum absolute atomic E-state index is 0.568. The standard InChI is InChI=1S/C52H32N4O/c1-3-16-33(17-4-1)49-53-50(34-18-5-2-6-19-34)55-51(54-49)35-20-15-21-36(32-35)56-44-27-12-8-22-37(44)38-30-31-43-47(48(38)56)39-23-7-9-24-40(39)52(43)41-25-10-13-28-45(41)57-46-29-14-11-26-42(46)52/h1-32H. The largest absolute Gasteiger partial charge is 0.457 e. The molecule has 57 heavy (non-hydrogen) atoms. The highest BCUT2D eigenvalue weighted by atomic mass is 16.5. The van der Waals surface area contributed by atoms with Crippen molar-refractivity contribution in [3.63, 3.8) is 0 Å². The summed E-state index contributed by atoms with van der Waals surface area (Å²) in [5.74, 6) is 3.66. The van der Waals surface area contributed by atoms with Crippen molar-refractivity contribution in [3.05, 3.63) is 216 Å². The minimum Gasteiger partial charge on any atom is -0.457 e. The molecule has 5 nitrogen and oxygen atoms in total. The van der Waals surface area contributed by atoms with Crippen LogP contribution in [0.5, 0.6) is 11.5 Å². The Morgan fingerprint density at radius 1 is 0.404 bits per heavy atom. The van der Waals surface area contributed by atoms with Crippen LogP contribution in [0, 0.1) is 0 Å². The predicted octanol–water partition coefficient (Wildman–Crippen LogP) is 12.4. The summed E-state index contributed by atoms with van der Waals surface area (Å²) in [5, 5.41) is 2.40. The molecule has 0 fully saturated rings. The molecule has 0 N–H and O–H groups in total. The highest BCUT2D eigenvalue weighted by molar-refractivity contribution is 6.16. The van der Waals surface area contributed by atoms with Crippen molar-refractivity contribution in [3.8, 4) is 62.5 Å². The second-order valence-electron chi connectivity index (χ2n) is 14.7. The van der Waals surface area contributed by atoms with Gasteiger partial charge >= 0.3 is 0 Å². The minimum atomic E-state index is -0.568. The number of para-hydroxylation sites is 3. The molecule has 10 aromatic rings. The molecule has 266 valence electrons. The molecule has 3 heterocycles. The van der Waals surface area contributed by atoms with Gasteiger partial charge in [0, 0.05) is 49.8 Å². The summed E-state index contributed by atoms with van der Waals surface area (Å²) in [6.07, 6.45) is 0. The number of nitrogens with zero attached hydrogens (tertiary/aromatic N) is 4. The summed E-state index contributed by atoms with van der Waals surface area (Å²) in [7, 11) is 0. The average Bonchev–Trinajstić information content (AvgIpc) is 3.78. The van der Waals surface area contributed by atoms with E-state index in [1.807, 2.05) is 60.7 Å². The van der Waals surface area contributed by atoms with Crippen LogP contribution in [0.4, 0.5) is 0 Å². The SMILES string of the molecule is c1ccc(-c2nc(-c3ccccc3)nc(-c3cccc(-n4c5ccccc5c5ccc6c(c54)-c4ccccc4C64c5ccccc5Oc5ccccc54)c3)n2)cc1. The van der Waals surface area contributed by atoms with Crippen LogP contribution in [0.2, 0.25) is 0 Å². The number of rotatable bonds is 4. The number of fused-ring (bicyclic) bond motifs is 13. The lowest BCUT2D eigenvalue weighted by molar-refractivity contribution is 0.436. The molecule has 1 aliphatic heterocycles. The Balaban J connectivity index is 1.14. The Labute approximate surface area is 329 Å². The first kappa shape index (κ1) is 31.7. The molecule has 0 radical (unpaired) electrons. The number of hydrogen-bond donors (Lipinski definition) is 0. The molecule has 0 saturated carbocycles. The van der Waals surface area contributed by atoms with E-state index in [9.17, 15) is 0 Å². The summed E-state index contributed by atoms with van der Waals surface area (Å²) in [5.41, 5.74) is 12.8. The van der Waals surface area contributed by atoms with E-state index in [1.165, 1.54) is 38.5 Å². The molecule has 1 spiro atoms. The molecule has 8 aromatic carbocycles. The van der Waals surface area contributed by atoms with E-state index in [0.29, 0.717) is 17.5 Å². The molecule has 1 aliphatic carbocycles. The summed E-state index contributed by atoms with van der Waals surface area (Å²) in [6.45, 7) is 0. The molecule has 0 bridgehead atoms. The zero-order valence-electron chi connectivity index (χ0n) is 30.7. The quantitative estimate of drug-likeness (QED) is 0.181.